The van der Waals surface area contributed by atoms with Gasteiger partial charge in [-0.3, -0.25) is 9.59 Å². The van der Waals surface area contributed by atoms with Crippen LogP contribution in [0.5, 0.6) is 0 Å². The molecule has 0 spiro atoms. The van der Waals surface area contributed by atoms with Crippen LogP contribution in [0.15, 0.2) is 12.1 Å². The molecule has 1 aromatic carbocycles. The number of fused-ring (bicyclic) bond motifs is 1. The first-order valence-corrected chi connectivity index (χ1v) is 8.31. The zero-order valence-corrected chi connectivity index (χ0v) is 13.6. The van der Waals surface area contributed by atoms with Crippen molar-refractivity contribution in [3.63, 3.8) is 0 Å². The molecule has 2 N–H and O–H groups in total. The maximum Gasteiger partial charge on any atom is 0.224 e. The summed E-state index contributed by atoms with van der Waals surface area (Å²) >= 11 is 0. The molecule has 0 radical (unpaired) electrons. The van der Waals surface area contributed by atoms with E-state index in [2.05, 4.69) is 10.6 Å². The molecule has 6 nitrogen and oxygen atoms in total. The van der Waals surface area contributed by atoms with Crippen molar-refractivity contribution in [2.75, 3.05) is 38.2 Å². The molecule has 2 aliphatic heterocycles. The smallest absolute Gasteiger partial charge is 0.224 e. The Labute approximate surface area is 140 Å². The first kappa shape index (κ1) is 16.9. The molecule has 3 rings (SSSR count). The number of hydrogen-bond donors (Lipinski definition) is 2. The standard InChI is InChI=1S/C17H22FN3O3/c18-17-13-5-6-19-11-12(13)1-2-14(17)20-15(22)3-4-16(23)21-7-9-24-10-8-21/h1-2,19H,3-11H2,(H,20,22). The SMILES string of the molecule is O=C(CCC(=O)N1CCOCC1)Nc1ccc2c(c1F)CCNC2. The van der Waals surface area contributed by atoms with Crippen LogP contribution in [0.2, 0.25) is 0 Å². The molecule has 2 heterocycles. The van der Waals surface area contributed by atoms with Crippen LogP contribution in [0.3, 0.4) is 0 Å². The van der Waals surface area contributed by atoms with Crippen molar-refractivity contribution in [3.8, 4) is 0 Å². The minimum atomic E-state index is -0.359. The molecule has 24 heavy (non-hydrogen) atoms. The van der Waals surface area contributed by atoms with Crippen LogP contribution in [0.25, 0.3) is 0 Å². The normalized spacial score (nSPS) is 17.3. The molecule has 0 aromatic heterocycles. The second-order valence-corrected chi connectivity index (χ2v) is 6.03. The fourth-order valence-corrected chi connectivity index (χ4v) is 3.03. The maximum absolute atomic E-state index is 14.5. The zero-order valence-electron chi connectivity index (χ0n) is 13.6. The first-order valence-electron chi connectivity index (χ1n) is 8.31. The molecule has 1 saturated heterocycles. The monoisotopic (exact) mass is 335 g/mol. The van der Waals surface area contributed by atoms with Crippen LogP contribution < -0.4 is 10.6 Å². The Morgan fingerprint density at radius 1 is 1.25 bits per heavy atom. The summed E-state index contributed by atoms with van der Waals surface area (Å²) in [4.78, 5) is 25.8. The van der Waals surface area contributed by atoms with Crippen LogP contribution in [-0.4, -0.2) is 49.6 Å². The number of nitrogens with one attached hydrogen (secondary N) is 2. The summed E-state index contributed by atoms with van der Waals surface area (Å²) < 4.78 is 19.7. The van der Waals surface area contributed by atoms with E-state index in [9.17, 15) is 14.0 Å². The van der Waals surface area contributed by atoms with Gasteiger partial charge in [-0.1, -0.05) is 6.07 Å². The minimum absolute atomic E-state index is 0.0499. The van der Waals surface area contributed by atoms with Gasteiger partial charge < -0.3 is 20.3 Å². The van der Waals surface area contributed by atoms with Crippen LogP contribution in [0.1, 0.15) is 24.0 Å². The highest BCUT2D eigenvalue weighted by molar-refractivity contribution is 5.93. The predicted octanol–water partition coefficient (Wildman–Crippen LogP) is 1.05. The number of amides is 2. The molecule has 130 valence electrons. The van der Waals surface area contributed by atoms with Gasteiger partial charge in [0.25, 0.3) is 0 Å². The van der Waals surface area contributed by atoms with Crippen molar-refractivity contribution in [1.29, 1.82) is 0 Å². The van der Waals surface area contributed by atoms with Crippen molar-refractivity contribution in [2.24, 2.45) is 0 Å². The molecular weight excluding hydrogens is 313 g/mol. The number of anilines is 1. The summed E-state index contributed by atoms with van der Waals surface area (Å²) in [6, 6.07) is 3.42. The zero-order chi connectivity index (χ0) is 16.9. The van der Waals surface area contributed by atoms with Gasteiger partial charge in [-0.15, -0.1) is 0 Å². The van der Waals surface area contributed by atoms with E-state index in [-0.39, 0.29) is 36.2 Å². The number of ether oxygens (including phenoxy) is 1. The van der Waals surface area contributed by atoms with E-state index in [4.69, 9.17) is 4.74 Å². The number of carbonyl (C=O) groups excluding carboxylic acids is 2. The topological polar surface area (TPSA) is 70.7 Å². The Bertz CT molecular complexity index is 630. The lowest BCUT2D eigenvalue weighted by molar-refractivity contribution is -0.136. The molecule has 0 saturated carbocycles. The van der Waals surface area contributed by atoms with Crippen LogP contribution in [-0.2, 0) is 27.3 Å². The van der Waals surface area contributed by atoms with E-state index in [0.29, 0.717) is 44.8 Å². The molecule has 1 aromatic rings. The lowest BCUT2D eigenvalue weighted by atomic mass is 9.99. The Balaban J connectivity index is 1.54. The molecule has 7 heteroatoms. The fraction of sp³-hybridized carbons (Fsp3) is 0.529. The van der Waals surface area contributed by atoms with E-state index < -0.39 is 0 Å². The van der Waals surface area contributed by atoms with Crippen LogP contribution in [0, 0.1) is 5.82 Å². The molecule has 0 atom stereocenters. The van der Waals surface area contributed by atoms with Crippen LogP contribution in [0.4, 0.5) is 10.1 Å². The number of carbonyl (C=O) groups is 2. The third kappa shape index (κ3) is 3.91. The largest absolute Gasteiger partial charge is 0.378 e. The summed E-state index contributed by atoms with van der Waals surface area (Å²) in [5.41, 5.74) is 1.79. The van der Waals surface area contributed by atoms with Gasteiger partial charge in [0.05, 0.1) is 18.9 Å². The molecule has 0 aliphatic carbocycles. The van der Waals surface area contributed by atoms with Crippen molar-refractivity contribution < 1.29 is 18.7 Å². The Hall–Kier alpha value is -1.99. The molecular formula is C17H22FN3O3. The Morgan fingerprint density at radius 2 is 2.04 bits per heavy atom. The second kappa shape index (κ2) is 7.72. The average Bonchev–Trinajstić information content (AvgIpc) is 2.63. The summed E-state index contributed by atoms with van der Waals surface area (Å²) in [5, 5.41) is 5.78. The van der Waals surface area contributed by atoms with Gasteiger partial charge in [0.1, 0.15) is 5.82 Å². The average molecular weight is 335 g/mol. The van der Waals surface area contributed by atoms with Crippen molar-refractivity contribution in [2.45, 2.75) is 25.8 Å². The molecule has 2 aliphatic rings. The van der Waals surface area contributed by atoms with E-state index in [1.54, 1.807) is 11.0 Å². The molecule has 1 fully saturated rings. The number of rotatable bonds is 4. The number of halogens is 1. The fourth-order valence-electron chi connectivity index (χ4n) is 3.03. The Morgan fingerprint density at radius 3 is 2.83 bits per heavy atom. The summed E-state index contributed by atoms with van der Waals surface area (Å²) in [6.45, 7) is 3.58. The number of morpholine rings is 1. The summed E-state index contributed by atoms with van der Waals surface area (Å²) in [7, 11) is 0. The van der Waals surface area contributed by atoms with Crippen molar-refractivity contribution in [3.05, 3.63) is 29.1 Å². The quantitative estimate of drug-likeness (QED) is 0.863. The predicted molar refractivity (Wildman–Crippen MR) is 87.1 cm³/mol. The summed E-state index contributed by atoms with van der Waals surface area (Å²) in [6.07, 6.45) is 0.789. The van der Waals surface area contributed by atoms with Crippen molar-refractivity contribution >= 4 is 17.5 Å². The third-order valence-electron chi connectivity index (χ3n) is 4.41. The third-order valence-corrected chi connectivity index (χ3v) is 4.41. The Kier molecular flexibility index (Phi) is 5.42. The lowest BCUT2D eigenvalue weighted by Crippen LogP contribution is -2.40. The molecule has 0 unspecified atom stereocenters. The minimum Gasteiger partial charge on any atom is -0.378 e. The highest BCUT2D eigenvalue weighted by Gasteiger charge is 2.20. The summed E-state index contributed by atoms with van der Waals surface area (Å²) in [5.74, 6) is -0.767. The van der Waals surface area contributed by atoms with Gasteiger partial charge in [-0.05, 0) is 30.2 Å². The van der Waals surface area contributed by atoms with E-state index in [1.807, 2.05) is 6.07 Å². The molecule has 0 bridgehead atoms. The highest BCUT2D eigenvalue weighted by Crippen LogP contribution is 2.24. The molecule has 2 amide bonds. The van der Waals surface area contributed by atoms with Gasteiger partial charge in [0, 0.05) is 32.5 Å². The van der Waals surface area contributed by atoms with Gasteiger partial charge in [0.15, 0.2) is 0 Å². The lowest BCUT2D eigenvalue weighted by Gasteiger charge is -2.26. The maximum atomic E-state index is 14.5. The van der Waals surface area contributed by atoms with Crippen molar-refractivity contribution in [1.82, 2.24) is 10.2 Å². The van der Waals surface area contributed by atoms with Gasteiger partial charge in [-0.25, -0.2) is 4.39 Å². The first-order chi connectivity index (χ1) is 11.6. The van der Waals surface area contributed by atoms with Crippen LogP contribution >= 0.6 is 0 Å². The second-order valence-electron chi connectivity index (χ2n) is 6.03. The highest BCUT2D eigenvalue weighted by atomic mass is 19.1. The number of benzene rings is 1. The van der Waals surface area contributed by atoms with Gasteiger partial charge in [0.2, 0.25) is 11.8 Å². The van der Waals surface area contributed by atoms with E-state index in [0.717, 1.165) is 12.1 Å². The van der Waals surface area contributed by atoms with E-state index in [1.165, 1.54) is 0 Å². The van der Waals surface area contributed by atoms with E-state index >= 15 is 0 Å². The number of nitrogens with zero attached hydrogens (tertiary/aromatic N) is 1. The van der Waals surface area contributed by atoms with Gasteiger partial charge in [-0.2, -0.15) is 0 Å². The van der Waals surface area contributed by atoms with Gasteiger partial charge >= 0.3 is 0 Å². The number of hydrogen-bond acceptors (Lipinski definition) is 4.